The molecule has 0 unspecified atom stereocenters. The van der Waals surface area contributed by atoms with E-state index in [0.717, 1.165) is 111 Å². The molecule has 6 nitrogen and oxygen atoms in total. The van der Waals surface area contributed by atoms with E-state index < -0.39 is 0 Å². The molecule has 0 atom stereocenters. The van der Waals surface area contributed by atoms with Gasteiger partial charge in [0.25, 0.3) is 6.71 Å². The summed E-state index contributed by atoms with van der Waals surface area (Å²) < 4.78 is 28.0. The Balaban J connectivity index is 0.941. The molecule has 2 aliphatic rings. The molecule has 67 heavy (non-hydrogen) atoms. The van der Waals surface area contributed by atoms with Crippen molar-refractivity contribution in [3.63, 3.8) is 0 Å². The van der Waals surface area contributed by atoms with Crippen LogP contribution in [0.4, 0.5) is 0 Å². The van der Waals surface area contributed by atoms with Gasteiger partial charge in [-0.2, -0.15) is 0 Å². The number of nitrogens with zero attached hydrogens (tertiary/aromatic N) is 3. The van der Waals surface area contributed by atoms with Crippen molar-refractivity contribution in [2.45, 2.75) is 0 Å². The molecule has 0 bridgehead atoms. The van der Waals surface area contributed by atoms with E-state index in [1.54, 1.807) is 0 Å². The first-order valence-electron chi connectivity index (χ1n) is 22.9. The number of para-hydroxylation sites is 6. The number of hydrogen-bond donors (Lipinski definition) is 0. The maximum atomic E-state index is 7.27. The fourth-order valence-corrected chi connectivity index (χ4v) is 11.8. The summed E-state index contributed by atoms with van der Waals surface area (Å²) in [6.07, 6.45) is 0. The molecule has 0 radical (unpaired) electrons. The first kappa shape index (κ1) is 35.4. The van der Waals surface area contributed by atoms with E-state index in [2.05, 4.69) is 208 Å². The van der Waals surface area contributed by atoms with Gasteiger partial charge in [0.2, 0.25) is 0 Å². The van der Waals surface area contributed by atoms with Crippen molar-refractivity contribution in [1.29, 1.82) is 0 Å². The topological polar surface area (TPSA) is 46.4 Å². The highest BCUT2D eigenvalue weighted by molar-refractivity contribution is 6.98. The number of hydrogen-bond acceptors (Lipinski definition) is 3. The van der Waals surface area contributed by atoms with E-state index in [1.807, 2.05) is 12.1 Å². The second-order valence-corrected chi connectivity index (χ2v) is 17.9. The maximum absolute atomic E-state index is 7.27. The molecule has 16 rings (SSSR count). The molecule has 0 saturated heterocycles. The molecule has 6 heterocycles. The molecule has 0 spiro atoms. The zero-order valence-corrected chi connectivity index (χ0v) is 35.8. The minimum absolute atomic E-state index is 0.0937. The van der Waals surface area contributed by atoms with E-state index in [9.17, 15) is 0 Å². The van der Waals surface area contributed by atoms with Gasteiger partial charge in [-0.15, -0.1) is 0 Å². The van der Waals surface area contributed by atoms with Crippen molar-refractivity contribution < 1.29 is 13.9 Å². The number of rotatable bonds is 3. The summed E-state index contributed by atoms with van der Waals surface area (Å²) in [4.78, 5) is 0. The Labute approximate surface area is 382 Å². The molecule has 310 valence electrons. The largest absolute Gasteiger partial charge is 0.458 e. The lowest BCUT2D eigenvalue weighted by atomic mass is 9.35. The Morgan fingerprint density at radius 2 is 0.896 bits per heavy atom. The monoisotopic (exact) mass is 855 g/mol. The van der Waals surface area contributed by atoms with Gasteiger partial charge in [-0.3, -0.25) is 0 Å². The van der Waals surface area contributed by atoms with Crippen molar-refractivity contribution >= 4 is 110 Å². The smallest absolute Gasteiger partial charge is 0.260 e. The minimum Gasteiger partial charge on any atom is -0.458 e. The molecule has 0 fully saturated rings. The van der Waals surface area contributed by atoms with Crippen molar-refractivity contribution in [3.8, 4) is 40.1 Å². The molecule has 2 aliphatic heterocycles. The summed E-state index contributed by atoms with van der Waals surface area (Å²) in [7, 11) is 0. The highest BCUT2D eigenvalue weighted by Gasteiger charge is 2.41. The third-order valence-electron chi connectivity index (χ3n) is 14.5. The molecule has 14 aromatic rings. The van der Waals surface area contributed by atoms with Gasteiger partial charge in [-0.1, -0.05) is 121 Å². The third-order valence-corrected chi connectivity index (χ3v) is 14.5. The van der Waals surface area contributed by atoms with E-state index in [4.69, 9.17) is 13.9 Å². The SMILES string of the molecule is c1ccc(-n2c3ccccc3c3c2ccc2c4ccccc4n(-c4ccc5c(c4)Oc4cc(-n6c7ccccc7c7c8oc9ccccc9c8ccc76)cc6c4B5c4ccccc4O6)c23)cc1. The lowest BCUT2D eigenvalue weighted by molar-refractivity contribution is 0.464. The summed E-state index contributed by atoms with van der Waals surface area (Å²) >= 11 is 0. The summed E-state index contributed by atoms with van der Waals surface area (Å²) in [5.74, 6) is 3.25. The summed E-state index contributed by atoms with van der Waals surface area (Å²) in [5.41, 5.74) is 14.9. The summed E-state index contributed by atoms with van der Waals surface area (Å²) in [6.45, 7) is -0.0937. The highest BCUT2D eigenvalue weighted by atomic mass is 16.5. The van der Waals surface area contributed by atoms with Gasteiger partial charge >= 0.3 is 0 Å². The van der Waals surface area contributed by atoms with Crippen molar-refractivity contribution in [1.82, 2.24) is 13.7 Å². The molecule has 10 aromatic carbocycles. The van der Waals surface area contributed by atoms with Gasteiger partial charge in [0.05, 0.1) is 44.2 Å². The maximum Gasteiger partial charge on any atom is 0.260 e. The summed E-state index contributed by atoms with van der Waals surface area (Å²) in [5, 5.41) is 9.28. The van der Waals surface area contributed by atoms with Crippen molar-refractivity contribution in [2.24, 2.45) is 0 Å². The van der Waals surface area contributed by atoms with Crippen LogP contribution in [0.3, 0.4) is 0 Å². The van der Waals surface area contributed by atoms with Crippen molar-refractivity contribution in [3.05, 3.63) is 206 Å². The second kappa shape index (κ2) is 12.9. The number of aromatic nitrogens is 3. The lowest BCUT2D eigenvalue weighted by Gasteiger charge is -2.33. The molecule has 7 heteroatoms. The van der Waals surface area contributed by atoms with Crippen LogP contribution >= 0.6 is 0 Å². The molecule has 0 N–H and O–H groups in total. The van der Waals surface area contributed by atoms with Crippen LogP contribution in [0.25, 0.3) is 104 Å². The van der Waals surface area contributed by atoms with E-state index in [0.29, 0.717) is 0 Å². The van der Waals surface area contributed by atoms with Gasteiger partial charge < -0.3 is 27.6 Å². The predicted octanol–water partition coefficient (Wildman–Crippen LogP) is 13.6. The minimum atomic E-state index is -0.0937. The zero-order chi connectivity index (χ0) is 43.5. The number of furan rings is 1. The van der Waals surface area contributed by atoms with Gasteiger partial charge in [0.1, 0.15) is 34.2 Å². The normalized spacial score (nSPS) is 13.0. The molecule has 4 aromatic heterocycles. The average molecular weight is 856 g/mol. The van der Waals surface area contributed by atoms with Crippen LogP contribution < -0.4 is 25.9 Å². The lowest BCUT2D eigenvalue weighted by Crippen LogP contribution is -2.57. The Bertz CT molecular complexity index is 4480. The Kier molecular flexibility index (Phi) is 6.80. The number of ether oxygens (including phenoxy) is 2. The van der Waals surface area contributed by atoms with Crippen LogP contribution in [0, 0.1) is 0 Å². The molecule has 0 amide bonds. The summed E-state index contributed by atoms with van der Waals surface area (Å²) in [6, 6.07) is 73.8. The Morgan fingerprint density at radius 3 is 1.69 bits per heavy atom. The van der Waals surface area contributed by atoms with Gasteiger partial charge in [-0.05, 0) is 77.7 Å². The standard InChI is InChI=1S/C60H34BN3O3/c1-2-14-35(15-3-1)62-47-22-10-5-18-42(47)56-49(62)30-27-40-38-16-4-9-21-46(38)64(59(40)56)36-26-29-45-53(32-36)66-55-34-37(33-54-58(55)61(45)44-20-8-13-25-52(44)65-54)63-48-23-11-6-19-43(48)57-50(63)31-28-41-39-17-7-12-24-51(39)67-60(41)57/h1-34H. The Hall–Kier alpha value is -8.94. The average Bonchev–Trinajstić information content (AvgIpc) is 4.12. The number of fused-ring (bicyclic) bond motifs is 18. The van der Waals surface area contributed by atoms with E-state index in [-0.39, 0.29) is 6.71 Å². The van der Waals surface area contributed by atoms with Crippen LogP contribution in [0.1, 0.15) is 0 Å². The van der Waals surface area contributed by atoms with Crippen LogP contribution in [0.5, 0.6) is 23.0 Å². The first-order valence-corrected chi connectivity index (χ1v) is 22.9. The van der Waals surface area contributed by atoms with Crippen LogP contribution in [-0.4, -0.2) is 20.4 Å². The molecular weight excluding hydrogens is 821 g/mol. The molecule has 0 aliphatic carbocycles. The third kappa shape index (κ3) is 4.64. The van der Waals surface area contributed by atoms with Gasteiger partial charge in [-0.25, -0.2) is 0 Å². The van der Waals surface area contributed by atoms with E-state index >= 15 is 0 Å². The molecular formula is C60H34BN3O3. The second-order valence-electron chi connectivity index (χ2n) is 17.9. The van der Waals surface area contributed by atoms with Crippen molar-refractivity contribution in [2.75, 3.05) is 0 Å². The predicted molar refractivity (Wildman–Crippen MR) is 274 cm³/mol. The van der Waals surface area contributed by atoms with E-state index in [1.165, 1.54) is 32.6 Å². The van der Waals surface area contributed by atoms with Gasteiger partial charge in [0, 0.05) is 72.7 Å². The quantitative estimate of drug-likeness (QED) is 0.166. The van der Waals surface area contributed by atoms with Crippen LogP contribution in [0.15, 0.2) is 211 Å². The van der Waals surface area contributed by atoms with Gasteiger partial charge in [0.15, 0.2) is 0 Å². The zero-order valence-electron chi connectivity index (χ0n) is 35.8. The first-order chi connectivity index (χ1) is 33.2. The van der Waals surface area contributed by atoms with Crippen LogP contribution in [-0.2, 0) is 0 Å². The number of benzene rings is 10. The highest BCUT2D eigenvalue weighted by Crippen LogP contribution is 2.45. The Morgan fingerprint density at radius 1 is 0.328 bits per heavy atom. The molecule has 0 saturated carbocycles. The van der Waals surface area contributed by atoms with Crippen LogP contribution in [0.2, 0.25) is 0 Å². The fraction of sp³-hybridized carbons (Fsp3) is 0. The fourth-order valence-electron chi connectivity index (χ4n) is 11.8.